The minimum atomic E-state index is -0.469. The van der Waals surface area contributed by atoms with Crippen LogP contribution in [-0.2, 0) is 0 Å². The highest BCUT2D eigenvalue weighted by atomic mass is 79.9. The number of hydrogen-bond donors (Lipinski definition) is 1. The number of halogens is 3. The van der Waals surface area contributed by atoms with Crippen molar-refractivity contribution in [3.05, 3.63) is 56.2 Å². The molecule has 1 aromatic carbocycles. The summed E-state index contributed by atoms with van der Waals surface area (Å²) in [6.07, 6.45) is 5.42. The Balaban J connectivity index is 1.52. The molecule has 1 N–H and O–H groups in total. The first kappa shape index (κ1) is 21.3. The number of nitrogens with zero attached hydrogens (tertiary/aromatic N) is 3. The average Bonchev–Trinajstić information content (AvgIpc) is 3.10. The van der Waals surface area contributed by atoms with Crippen LogP contribution in [0.15, 0.2) is 33.7 Å². The third-order valence-electron chi connectivity index (χ3n) is 6.61. The number of alkyl halides is 1. The number of nitrogens with one attached hydrogen (secondary N) is 1. The second kappa shape index (κ2) is 8.42. The van der Waals surface area contributed by atoms with Gasteiger partial charge in [-0.3, -0.25) is 14.0 Å². The van der Waals surface area contributed by atoms with Crippen molar-refractivity contribution in [3.63, 3.8) is 0 Å². The molecule has 1 saturated heterocycles. The number of benzene rings is 1. The van der Waals surface area contributed by atoms with Crippen LogP contribution in [0.25, 0.3) is 16.9 Å². The molecule has 1 saturated carbocycles. The maximum absolute atomic E-state index is 15.0. The van der Waals surface area contributed by atoms with E-state index in [9.17, 15) is 18.4 Å². The first-order chi connectivity index (χ1) is 15.5. The van der Waals surface area contributed by atoms with Crippen molar-refractivity contribution >= 4 is 27.5 Å². The topological polar surface area (TPSA) is 70.5 Å². The Hall–Kier alpha value is -2.55. The molecule has 3 aromatic rings. The molecule has 6 nitrogen and oxygen atoms in total. The number of aromatic amines is 1. The number of aromatic nitrogens is 3. The third kappa shape index (κ3) is 3.66. The van der Waals surface area contributed by atoms with E-state index in [1.165, 1.54) is 23.5 Å². The molecule has 1 amide bonds. The normalized spacial score (nSPS) is 17.7. The van der Waals surface area contributed by atoms with Gasteiger partial charge in [0.05, 0.1) is 12.4 Å². The van der Waals surface area contributed by atoms with Gasteiger partial charge < -0.3 is 9.88 Å². The Morgan fingerprint density at radius 2 is 1.94 bits per heavy atom. The summed E-state index contributed by atoms with van der Waals surface area (Å²) >= 11 is 3.27. The van der Waals surface area contributed by atoms with Crippen molar-refractivity contribution in [2.45, 2.75) is 38.0 Å². The van der Waals surface area contributed by atoms with Crippen LogP contribution in [0, 0.1) is 11.7 Å². The highest BCUT2D eigenvalue weighted by molar-refractivity contribution is 9.10. The summed E-state index contributed by atoms with van der Waals surface area (Å²) in [4.78, 5) is 30.3. The van der Waals surface area contributed by atoms with E-state index >= 15 is 0 Å². The molecule has 0 unspecified atom stereocenters. The van der Waals surface area contributed by atoms with E-state index in [4.69, 9.17) is 0 Å². The largest absolute Gasteiger partial charge is 0.339 e. The second-order valence-electron chi connectivity index (χ2n) is 8.75. The van der Waals surface area contributed by atoms with Crippen LogP contribution < -0.4 is 5.56 Å². The van der Waals surface area contributed by atoms with E-state index in [-0.39, 0.29) is 39.4 Å². The fraction of sp³-hybridized carbons (Fsp3) is 0.435. The standard InChI is InChI=1S/C23H23BrF2N4O2/c24-21-20(23(32)29-11-13(10-25)12-29)22-27-18(9-19(31)30(22)28-21)15-6-7-16(17(26)8-15)14-4-2-1-3-5-14/h6-9,13-14,27H,1-5,10-12H2. The van der Waals surface area contributed by atoms with Crippen LogP contribution in [0.2, 0.25) is 0 Å². The number of fused-ring (bicyclic) bond motifs is 1. The number of likely N-dealkylation sites (tertiary alicyclic amines) is 1. The Labute approximate surface area is 191 Å². The first-order valence-corrected chi connectivity index (χ1v) is 11.7. The first-order valence-electron chi connectivity index (χ1n) is 10.9. The Kier molecular flexibility index (Phi) is 5.61. The quantitative estimate of drug-likeness (QED) is 0.560. The number of carbonyl (C=O) groups excluding carboxylic acids is 1. The molecule has 0 atom stereocenters. The van der Waals surface area contributed by atoms with Crippen LogP contribution in [0.1, 0.15) is 53.9 Å². The molecular formula is C23H23BrF2N4O2. The molecule has 2 aliphatic rings. The zero-order valence-corrected chi connectivity index (χ0v) is 19.0. The molecule has 0 radical (unpaired) electrons. The van der Waals surface area contributed by atoms with Crippen molar-refractivity contribution in [3.8, 4) is 11.3 Å². The minimum Gasteiger partial charge on any atom is -0.339 e. The zero-order chi connectivity index (χ0) is 22.4. The van der Waals surface area contributed by atoms with Gasteiger partial charge in [-0.05, 0) is 46.3 Å². The summed E-state index contributed by atoms with van der Waals surface area (Å²) < 4.78 is 29.1. The lowest BCUT2D eigenvalue weighted by Crippen LogP contribution is -2.50. The highest BCUT2D eigenvalue weighted by Gasteiger charge is 2.34. The van der Waals surface area contributed by atoms with Crippen molar-refractivity contribution in [1.29, 1.82) is 0 Å². The fourth-order valence-electron chi connectivity index (χ4n) is 4.79. The monoisotopic (exact) mass is 504 g/mol. The fourth-order valence-corrected chi connectivity index (χ4v) is 5.31. The van der Waals surface area contributed by atoms with E-state index in [2.05, 4.69) is 26.0 Å². The second-order valence-corrected chi connectivity index (χ2v) is 9.50. The molecule has 1 aliphatic heterocycles. The third-order valence-corrected chi connectivity index (χ3v) is 7.16. The van der Waals surface area contributed by atoms with Gasteiger partial charge in [0.25, 0.3) is 11.5 Å². The van der Waals surface area contributed by atoms with Gasteiger partial charge in [0.2, 0.25) is 0 Å². The van der Waals surface area contributed by atoms with E-state index in [1.54, 1.807) is 6.07 Å². The maximum atomic E-state index is 15.0. The van der Waals surface area contributed by atoms with Gasteiger partial charge in [-0.2, -0.15) is 9.61 Å². The summed E-state index contributed by atoms with van der Waals surface area (Å²) in [6.45, 7) is 0.191. The lowest BCUT2D eigenvalue weighted by molar-refractivity contribution is 0.0453. The molecule has 32 heavy (non-hydrogen) atoms. The molecule has 9 heteroatoms. The van der Waals surface area contributed by atoms with E-state index in [0.717, 1.165) is 35.8 Å². The smallest absolute Gasteiger partial charge is 0.274 e. The molecule has 2 fully saturated rings. The van der Waals surface area contributed by atoms with Gasteiger partial charge in [-0.25, -0.2) is 4.39 Å². The van der Waals surface area contributed by atoms with Gasteiger partial charge in [-0.15, -0.1) is 0 Å². The van der Waals surface area contributed by atoms with Gasteiger partial charge in [-0.1, -0.05) is 31.4 Å². The number of amides is 1. The number of rotatable bonds is 4. The predicted molar refractivity (Wildman–Crippen MR) is 120 cm³/mol. The predicted octanol–water partition coefficient (Wildman–Crippen LogP) is 4.68. The minimum absolute atomic E-state index is 0.153. The van der Waals surface area contributed by atoms with Gasteiger partial charge >= 0.3 is 0 Å². The van der Waals surface area contributed by atoms with Gasteiger partial charge in [0.15, 0.2) is 5.65 Å². The number of carbonyl (C=O) groups is 1. The Morgan fingerprint density at radius 1 is 1.19 bits per heavy atom. The van der Waals surface area contributed by atoms with Gasteiger partial charge in [0.1, 0.15) is 16.0 Å². The molecule has 168 valence electrons. The van der Waals surface area contributed by atoms with Crippen molar-refractivity contribution in [1.82, 2.24) is 19.5 Å². The lowest BCUT2D eigenvalue weighted by atomic mass is 9.83. The van der Waals surface area contributed by atoms with Crippen LogP contribution in [0.5, 0.6) is 0 Å². The SMILES string of the molecule is O=C(c1c(Br)nn2c(=O)cc(-c3ccc(C4CCCCC4)c(F)c3)[nH]c12)N1CC(CF)C1. The van der Waals surface area contributed by atoms with Crippen LogP contribution in [0.4, 0.5) is 8.78 Å². The summed E-state index contributed by atoms with van der Waals surface area (Å²) in [5.41, 5.74) is 1.66. The Bertz CT molecular complexity index is 1240. The van der Waals surface area contributed by atoms with Crippen molar-refractivity contribution < 1.29 is 13.6 Å². The van der Waals surface area contributed by atoms with E-state index in [1.807, 2.05) is 6.07 Å². The zero-order valence-electron chi connectivity index (χ0n) is 17.4. The van der Waals surface area contributed by atoms with Crippen molar-refractivity contribution in [2.75, 3.05) is 19.8 Å². The van der Waals surface area contributed by atoms with E-state index in [0.29, 0.717) is 24.3 Å². The molecular weight excluding hydrogens is 482 g/mol. The van der Waals surface area contributed by atoms with Crippen LogP contribution >= 0.6 is 15.9 Å². The lowest BCUT2D eigenvalue weighted by Gasteiger charge is -2.37. The maximum Gasteiger partial charge on any atom is 0.274 e. The summed E-state index contributed by atoms with van der Waals surface area (Å²) in [7, 11) is 0. The average molecular weight is 505 g/mol. The van der Waals surface area contributed by atoms with Crippen LogP contribution in [-0.4, -0.2) is 45.2 Å². The van der Waals surface area contributed by atoms with Gasteiger partial charge in [0, 0.05) is 30.6 Å². The Morgan fingerprint density at radius 3 is 2.62 bits per heavy atom. The summed E-state index contributed by atoms with van der Waals surface area (Å²) in [5, 5.41) is 4.14. The summed E-state index contributed by atoms with van der Waals surface area (Å²) in [5.74, 6) is -0.527. The molecule has 3 heterocycles. The van der Waals surface area contributed by atoms with E-state index < -0.39 is 12.2 Å². The number of hydrogen-bond acceptors (Lipinski definition) is 3. The number of H-pyrrole nitrogens is 1. The molecule has 0 bridgehead atoms. The summed E-state index contributed by atoms with van der Waals surface area (Å²) in [6, 6.07) is 6.40. The molecule has 1 aliphatic carbocycles. The molecule has 0 spiro atoms. The highest BCUT2D eigenvalue weighted by Crippen LogP contribution is 2.35. The molecule has 2 aromatic heterocycles. The molecule has 5 rings (SSSR count). The van der Waals surface area contributed by atoms with Crippen molar-refractivity contribution in [2.24, 2.45) is 5.92 Å². The van der Waals surface area contributed by atoms with Crippen LogP contribution in [0.3, 0.4) is 0 Å².